The van der Waals surface area contributed by atoms with Gasteiger partial charge in [-0.2, -0.15) is 5.10 Å². The Morgan fingerprint density at radius 2 is 2.38 bits per heavy atom. The molecule has 0 atom stereocenters. The first-order chi connectivity index (χ1) is 7.65. The van der Waals surface area contributed by atoms with Crippen LogP contribution in [-0.4, -0.2) is 20.5 Å². The molecule has 0 saturated heterocycles. The fourth-order valence-electron chi connectivity index (χ4n) is 1.48. The molecule has 0 spiro atoms. The van der Waals surface area contributed by atoms with Crippen molar-refractivity contribution in [2.75, 3.05) is 0 Å². The molecule has 5 heteroatoms. The number of hydrogen-bond acceptors (Lipinski definition) is 4. The van der Waals surface area contributed by atoms with Crippen LogP contribution in [0.2, 0.25) is 0 Å². The number of ketones is 1. The molecule has 0 aromatic carbocycles. The van der Waals surface area contributed by atoms with Crippen LogP contribution in [0.25, 0.3) is 0 Å². The number of carbonyl (C=O) groups is 1. The molecular formula is C11H13N3OS. The lowest BCUT2D eigenvalue weighted by Gasteiger charge is -1.95. The van der Waals surface area contributed by atoms with Gasteiger partial charge in [-0.15, -0.1) is 11.3 Å². The summed E-state index contributed by atoms with van der Waals surface area (Å²) in [5.41, 5.74) is 1.68. The molecule has 0 unspecified atom stereocenters. The van der Waals surface area contributed by atoms with E-state index in [1.165, 1.54) is 11.3 Å². The van der Waals surface area contributed by atoms with Crippen LogP contribution in [0.15, 0.2) is 17.8 Å². The Labute approximate surface area is 97.9 Å². The van der Waals surface area contributed by atoms with E-state index < -0.39 is 0 Å². The average molecular weight is 235 g/mol. The molecule has 4 nitrogen and oxygen atoms in total. The van der Waals surface area contributed by atoms with Gasteiger partial charge in [0.25, 0.3) is 0 Å². The molecule has 2 aromatic heterocycles. The van der Waals surface area contributed by atoms with Crippen molar-refractivity contribution < 1.29 is 4.79 Å². The lowest BCUT2D eigenvalue weighted by molar-refractivity contribution is 0.0978. The largest absolute Gasteiger partial charge is 0.292 e. The normalized spacial score (nSPS) is 10.6. The number of hydrogen-bond donors (Lipinski definition) is 0. The Kier molecular flexibility index (Phi) is 3.14. The van der Waals surface area contributed by atoms with Crippen LogP contribution in [0, 0.1) is 6.92 Å². The third kappa shape index (κ3) is 2.55. The molecule has 0 saturated carbocycles. The van der Waals surface area contributed by atoms with Crippen molar-refractivity contribution in [1.82, 2.24) is 14.8 Å². The third-order valence-corrected chi connectivity index (χ3v) is 3.08. The van der Waals surface area contributed by atoms with Crippen LogP contribution < -0.4 is 0 Å². The van der Waals surface area contributed by atoms with Gasteiger partial charge in [0.1, 0.15) is 5.69 Å². The summed E-state index contributed by atoms with van der Waals surface area (Å²) in [6, 6.07) is 0. The highest BCUT2D eigenvalue weighted by atomic mass is 32.1. The van der Waals surface area contributed by atoms with Crippen molar-refractivity contribution in [3.8, 4) is 0 Å². The van der Waals surface area contributed by atoms with E-state index >= 15 is 0 Å². The molecule has 0 amide bonds. The van der Waals surface area contributed by atoms with Gasteiger partial charge >= 0.3 is 0 Å². The van der Waals surface area contributed by atoms with Crippen molar-refractivity contribution in [1.29, 1.82) is 0 Å². The zero-order chi connectivity index (χ0) is 11.5. The van der Waals surface area contributed by atoms with Gasteiger partial charge in [-0.05, 0) is 18.9 Å². The van der Waals surface area contributed by atoms with Crippen molar-refractivity contribution in [3.63, 3.8) is 0 Å². The number of aromatic nitrogens is 3. The van der Waals surface area contributed by atoms with E-state index in [0.29, 0.717) is 12.1 Å². The minimum absolute atomic E-state index is 0.105. The van der Waals surface area contributed by atoms with Gasteiger partial charge < -0.3 is 0 Å². The standard InChI is InChI=1S/C11H13N3OS/c1-8-13-10(7-16-8)11(15)4-3-9-5-12-14(2)6-9/h5-7H,3-4H2,1-2H3. The summed E-state index contributed by atoms with van der Waals surface area (Å²) < 4.78 is 1.74. The molecule has 0 aliphatic heterocycles. The van der Waals surface area contributed by atoms with Gasteiger partial charge in [-0.3, -0.25) is 9.48 Å². The molecule has 2 rings (SSSR count). The first-order valence-electron chi connectivity index (χ1n) is 5.08. The number of thiazole rings is 1. The molecule has 2 aromatic rings. The van der Waals surface area contributed by atoms with Crippen molar-refractivity contribution >= 4 is 17.1 Å². The second-order valence-electron chi connectivity index (χ2n) is 3.70. The van der Waals surface area contributed by atoms with Gasteiger partial charge in [0.15, 0.2) is 5.78 Å². The zero-order valence-corrected chi connectivity index (χ0v) is 10.1. The number of Topliss-reactive ketones (excluding diaryl/α,β-unsaturated/α-hetero) is 1. The quantitative estimate of drug-likeness (QED) is 0.761. The van der Waals surface area contributed by atoms with Crippen LogP contribution in [0.4, 0.5) is 0 Å². The Morgan fingerprint density at radius 3 is 2.94 bits per heavy atom. The van der Waals surface area contributed by atoms with Gasteiger partial charge in [0.2, 0.25) is 0 Å². The van der Waals surface area contributed by atoms with Crippen molar-refractivity contribution in [3.05, 3.63) is 34.0 Å². The lowest BCUT2D eigenvalue weighted by Crippen LogP contribution is -2.01. The average Bonchev–Trinajstić information content (AvgIpc) is 2.84. The van der Waals surface area contributed by atoms with Crippen LogP contribution in [0.5, 0.6) is 0 Å². The Bertz CT molecular complexity index is 501. The fraction of sp³-hybridized carbons (Fsp3) is 0.364. The second kappa shape index (κ2) is 4.57. The summed E-state index contributed by atoms with van der Waals surface area (Å²) in [7, 11) is 1.87. The predicted octanol–water partition coefficient (Wildman–Crippen LogP) is 2.00. The Morgan fingerprint density at radius 1 is 1.56 bits per heavy atom. The van der Waals surface area contributed by atoms with E-state index in [1.807, 2.05) is 25.5 Å². The Hall–Kier alpha value is -1.49. The maximum absolute atomic E-state index is 11.8. The molecule has 2 heterocycles. The highest BCUT2D eigenvalue weighted by Crippen LogP contribution is 2.11. The molecular weight excluding hydrogens is 222 g/mol. The highest BCUT2D eigenvalue weighted by molar-refractivity contribution is 7.09. The van der Waals surface area contributed by atoms with E-state index in [0.717, 1.165) is 17.0 Å². The minimum Gasteiger partial charge on any atom is -0.292 e. The summed E-state index contributed by atoms with van der Waals surface area (Å²) in [5.74, 6) is 0.105. The minimum atomic E-state index is 0.105. The first kappa shape index (κ1) is 11.0. The fourth-order valence-corrected chi connectivity index (χ4v) is 2.10. The van der Waals surface area contributed by atoms with Gasteiger partial charge in [0.05, 0.1) is 11.2 Å². The van der Waals surface area contributed by atoms with E-state index in [1.54, 1.807) is 10.9 Å². The number of carbonyl (C=O) groups excluding carboxylic acids is 1. The maximum Gasteiger partial charge on any atom is 0.182 e. The topological polar surface area (TPSA) is 47.8 Å². The highest BCUT2D eigenvalue weighted by Gasteiger charge is 2.09. The smallest absolute Gasteiger partial charge is 0.182 e. The summed E-state index contributed by atoms with van der Waals surface area (Å²) >= 11 is 1.51. The van der Waals surface area contributed by atoms with Crippen LogP contribution >= 0.6 is 11.3 Å². The molecule has 0 aliphatic rings. The summed E-state index contributed by atoms with van der Waals surface area (Å²) in [5, 5.41) is 6.82. The maximum atomic E-state index is 11.8. The molecule has 16 heavy (non-hydrogen) atoms. The molecule has 0 N–H and O–H groups in total. The molecule has 0 aliphatic carbocycles. The molecule has 0 radical (unpaired) electrons. The van der Waals surface area contributed by atoms with Gasteiger partial charge in [0, 0.05) is 25.0 Å². The Balaban J connectivity index is 1.93. The monoisotopic (exact) mass is 235 g/mol. The van der Waals surface area contributed by atoms with Crippen LogP contribution in [0.3, 0.4) is 0 Å². The first-order valence-corrected chi connectivity index (χ1v) is 5.96. The van der Waals surface area contributed by atoms with Crippen LogP contribution in [-0.2, 0) is 13.5 Å². The zero-order valence-electron chi connectivity index (χ0n) is 9.30. The van der Waals surface area contributed by atoms with Crippen LogP contribution in [0.1, 0.15) is 27.5 Å². The molecule has 84 valence electrons. The lowest BCUT2D eigenvalue weighted by atomic mass is 10.1. The second-order valence-corrected chi connectivity index (χ2v) is 4.76. The van der Waals surface area contributed by atoms with Gasteiger partial charge in [-0.25, -0.2) is 4.98 Å². The van der Waals surface area contributed by atoms with Gasteiger partial charge in [-0.1, -0.05) is 0 Å². The SMILES string of the molecule is Cc1nc(C(=O)CCc2cnn(C)c2)cs1. The van der Waals surface area contributed by atoms with E-state index in [4.69, 9.17) is 0 Å². The molecule has 0 bridgehead atoms. The predicted molar refractivity (Wildman–Crippen MR) is 62.7 cm³/mol. The number of nitrogens with zero attached hydrogens (tertiary/aromatic N) is 3. The summed E-state index contributed by atoms with van der Waals surface area (Å²) in [4.78, 5) is 15.9. The van der Waals surface area contributed by atoms with E-state index in [-0.39, 0.29) is 5.78 Å². The summed E-state index contributed by atoms with van der Waals surface area (Å²) in [6.45, 7) is 1.91. The third-order valence-electron chi connectivity index (χ3n) is 2.30. The van der Waals surface area contributed by atoms with Crippen molar-refractivity contribution in [2.24, 2.45) is 7.05 Å². The van der Waals surface area contributed by atoms with Crippen molar-refractivity contribution in [2.45, 2.75) is 19.8 Å². The van der Waals surface area contributed by atoms with E-state index in [9.17, 15) is 4.79 Å². The van der Waals surface area contributed by atoms with E-state index in [2.05, 4.69) is 10.1 Å². The number of rotatable bonds is 4. The molecule has 0 fully saturated rings. The number of aryl methyl sites for hydroxylation is 3. The summed E-state index contributed by atoms with van der Waals surface area (Å²) in [6.07, 6.45) is 4.94.